The van der Waals surface area contributed by atoms with Gasteiger partial charge in [-0.25, -0.2) is 0 Å². The minimum atomic E-state index is -4.48. The van der Waals surface area contributed by atoms with Crippen molar-refractivity contribution in [3.63, 3.8) is 0 Å². The van der Waals surface area contributed by atoms with Crippen molar-refractivity contribution in [3.8, 4) is 0 Å². The molecule has 1 rings (SSSR count). The molecule has 0 bridgehead atoms. The number of rotatable bonds is 3. The lowest BCUT2D eigenvalue weighted by Crippen LogP contribution is -2.11. The highest BCUT2D eigenvalue weighted by molar-refractivity contribution is 9.10. The fourth-order valence-electron chi connectivity index (χ4n) is 1.13. The monoisotopic (exact) mass is 296 g/mol. The summed E-state index contributed by atoms with van der Waals surface area (Å²) in [6.45, 7) is -0.237. The lowest BCUT2D eigenvalue weighted by molar-refractivity contribution is -0.138. The van der Waals surface area contributed by atoms with Gasteiger partial charge in [0.05, 0.1) is 5.56 Å². The number of hydrogen-bond donors (Lipinski definition) is 0. The molecule has 0 amide bonds. The van der Waals surface area contributed by atoms with Crippen LogP contribution in [0.1, 0.15) is 15.9 Å². The molecule has 0 aliphatic heterocycles. The maximum Gasteiger partial charge on any atom is 0.417 e. The minimum absolute atomic E-state index is 0.0163. The van der Waals surface area contributed by atoms with Gasteiger partial charge in [-0.05, 0) is 12.1 Å². The first-order valence-corrected chi connectivity index (χ1v) is 5.04. The fraction of sp³-hybridized carbons (Fsp3) is 0.300. The number of alkyl halides is 3. The standard InChI is InChI=1S/C10H8BrF3O2/c1-16-5-9(15)6-2-3-8(11)7(4-6)10(12,13)14/h2-4H,5H2,1H3. The first kappa shape index (κ1) is 13.2. The summed E-state index contributed by atoms with van der Waals surface area (Å²) >= 11 is 2.79. The lowest BCUT2D eigenvalue weighted by atomic mass is 10.1. The number of benzene rings is 1. The Morgan fingerprint density at radius 1 is 1.44 bits per heavy atom. The van der Waals surface area contributed by atoms with Crippen LogP contribution in [0.3, 0.4) is 0 Å². The summed E-state index contributed by atoms with van der Waals surface area (Å²) in [5.74, 6) is -0.486. The van der Waals surface area contributed by atoms with Crippen molar-refractivity contribution in [2.24, 2.45) is 0 Å². The maximum absolute atomic E-state index is 12.5. The van der Waals surface area contributed by atoms with E-state index < -0.39 is 17.5 Å². The number of carbonyl (C=O) groups excluding carboxylic acids is 1. The molecule has 0 spiro atoms. The molecule has 88 valence electrons. The molecular weight excluding hydrogens is 289 g/mol. The van der Waals surface area contributed by atoms with E-state index in [0.29, 0.717) is 0 Å². The van der Waals surface area contributed by atoms with E-state index in [-0.39, 0.29) is 16.6 Å². The molecule has 0 atom stereocenters. The molecule has 6 heteroatoms. The van der Waals surface area contributed by atoms with E-state index in [1.807, 2.05) is 0 Å². The van der Waals surface area contributed by atoms with E-state index in [1.165, 1.54) is 19.2 Å². The Morgan fingerprint density at radius 3 is 2.56 bits per heavy atom. The summed E-state index contributed by atoms with van der Waals surface area (Å²) in [7, 11) is 1.31. The molecule has 0 aliphatic carbocycles. The lowest BCUT2D eigenvalue weighted by Gasteiger charge is -2.10. The summed E-state index contributed by atoms with van der Waals surface area (Å²) < 4.78 is 42.0. The third-order valence-electron chi connectivity index (χ3n) is 1.87. The van der Waals surface area contributed by atoms with Gasteiger partial charge in [0.25, 0.3) is 0 Å². The normalized spacial score (nSPS) is 11.6. The van der Waals surface area contributed by atoms with E-state index in [1.54, 1.807) is 0 Å². The Labute approximate surface area is 98.5 Å². The molecule has 0 fully saturated rings. The molecule has 0 heterocycles. The summed E-state index contributed by atoms with van der Waals surface area (Å²) in [5.41, 5.74) is -0.883. The zero-order valence-electron chi connectivity index (χ0n) is 8.27. The summed E-state index contributed by atoms with van der Waals surface area (Å²) in [4.78, 5) is 11.3. The zero-order valence-corrected chi connectivity index (χ0v) is 9.85. The maximum atomic E-state index is 12.5. The SMILES string of the molecule is COCC(=O)c1ccc(Br)c(C(F)(F)F)c1. The van der Waals surface area contributed by atoms with Crippen LogP contribution in [0.4, 0.5) is 13.2 Å². The van der Waals surface area contributed by atoms with Crippen LogP contribution in [0.25, 0.3) is 0 Å². The van der Waals surface area contributed by atoms with Gasteiger partial charge >= 0.3 is 6.18 Å². The largest absolute Gasteiger partial charge is 0.417 e. The van der Waals surface area contributed by atoms with Gasteiger partial charge in [-0.2, -0.15) is 13.2 Å². The van der Waals surface area contributed by atoms with Crippen LogP contribution in [0, 0.1) is 0 Å². The predicted octanol–water partition coefficient (Wildman–Crippen LogP) is 3.30. The number of carbonyl (C=O) groups is 1. The van der Waals surface area contributed by atoms with Crippen LogP contribution in [-0.4, -0.2) is 19.5 Å². The Hall–Kier alpha value is -0.880. The molecule has 0 aromatic heterocycles. The number of ketones is 1. The summed E-state index contributed by atoms with van der Waals surface area (Å²) in [6, 6.07) is 3.33. The highest BCUT2D eigenvalue weighted by Crippen LogP contribution is 2.35. The Bertz CT molecular complexity index is 402. The van der Waals surface area contributed by atoms with Crippen molar-refractivity contribution < 1.29 is 22.7 Å². The van der Waals surface area contributed by atoms with Crippen molar-refractivity contribution in [1.29, 1.82) is 0 Å². The topological polar surface area (TPSA) is 26.3 Å². The Kier molecular flexibility index (Phi) is 4.09. The number of hydrogen-bond acceptors (Lipinski definition) is 2. The zero-order chi connectivity index (χ0) is 12.3. The molecule has 2 nitrogen and oxygen atoms in total. The van der Waals surface area contributed by atoms with Gasteiger partial charge < -0.3 is 4.74 Å². The number of Topliss-reactive ketones (excluding diaryl/α,β-unsaturated/α-hetero) is 1. The van der Waals surface area contributed by atoms with Crippen LogP contribution in [-0.2, 0) is 10.9 Å². The third-order valence-corrected chi connectivity index (χ3v) is 2.56. The van der Waals surface area contributed by atoms with Crippen molar-refractivity contribution >= 4 is 21.7 Å². The second-order valence-corrected chi connectivity index (χ2v) is 3.90. The average Bonchev–Trinajstić information content (AvgIpc) is 2.16. The average molecular weight is 297 g/mol. The van der Waals surface area contributed by atoms with Gasteiger partial charge in [0.15, 0.2) is 5.78 Å². The molecule has 0 N–H and O–H groups in total. The Morgan fingerprint density at radius 2 is 2.06 bits per heavy atom. The number of methoxy groups -OCH3 is 1. The molecule has 1 aromatic rings. The van der Waals surface area contributed by atoms with Crippen molar-refractivity contribution in [2.75, 3.05) is 13.7 Å². The third kappa shape index (κ3) is 3.05. The van der Waals surface area contributed by atoms with E-state index in [9.17, 15) is 18.0 Å². The molecular formula is C10H8BrF3O2. The highest BCUT2D eigenvalue weighted by Gasteiger charge is 2.33. The quantitative estimate of drug-likeness (QED) is 0.800. The molecule has 0 aliphatic rings. The van der Waals surface area contributed by atoms with Crippen LogP contribution >= 0.6 is 15.9 Å². The first-order chi connectivity index (χ1) is 7.36. The van der Waals surface area contributed by atoms with Gasteiger partial charge in [0, 0.05) is 17.1 Å². The van der Waals surface area contributed by atoms with Gasteiger partial charge in [-0.3, -0.25) is 4.79 Å². The van der Waals surface area contributed by atoms with E-state index in [4.69, 9.17) is 0 Å². The molecule has 0 saturated heterocycles. The Balaban J connectivity index is 3.13. The number of halogens is 4. The summed E-state index contributed by atoms with van der Waals surface area (Å²) in [6.07, 6.45) is -4.48. The van der Waals surface area contributed by atoms with Gasteiger partial charge in [0.1, 0.15) is 6.61 Å². The fourth-order valence-corrected chi connectivity index (χ4v) is 1.60. The number of ether oxygens (including phenoxy) is 1. The van der Waals surface area contributed by atoms with Crippen molar-refractivity contribution in [1.82, 2.24) is 0 Å². The van der Waals surface area contributed by atoms with Crippen molar-refractivity contribution in [2.45, 2.75) is 6.18 Å². The predicted molar refractivity (Wildman–Crippen MR) is 55.4 cm³/mol. The van der Waals surface area contributed by atoms with Crippen LogP contribution in [0.5, 0.6) is 0 Å². The molecule has 0 unspecified atom stereocenters. The first-order valence-electron chi connectivity index (χ1n) is 4.25. The van der Waals surface area contributed by atoms with Crippen LogP contribution < -0.4 is 0 Å². The van der Waals surface area contributed by atoms with Gasteiger partial charge in [-0.1, -0.05) is 22.0 Å². The molecule has 0 radical (unpaired) electrons. The smallest absolute Gasteiger partial charge is 0.377 e. The molecule has 16 heavy (non-hydrogen) atoms. The van der Waals surface area contributed by atoms with Crippen LogP contribution in [0.15, 0.2) is 22.7 Å². The highest BCUT2D eigenvalue weighted by atomic mass is 79.9. The van der Waals surface area contributed by atoms with Gasteiger partial charge in [0.2, 0.25) is 0 Å². The van der Waals surface area contributed by atoms with E-state index in [0.717, 1.165) is 6.07 Å². The summed E-state index contributed by atoms with van der Waals surface area (Å²) in [5, 5.41) is 0. The molecule has 1 aromatic carbocycles. The van der Waals surface area contributed by atoms with Gasteiger partial charge in [-0.15, -0.1) is 0 Å². The van der Waals surface area contributed by atoms with Crippen molar-refractivity contribution in [3.05, 3.63) is 33.8 Å². The second-order valence-electron chi connectivity index (χ2n) is 3.05. The second kappa shape index (κ2) is 4.97. The molecule has 0 saturated carbocycles. The van der Waals surface area contributed by atoms with E-state index >= 15 is 0 Å². The minimum Gasteiger partial charge on any atom is -0.377 e. The van der Waals surface area contributed by atoms with E-state index in [2.05, 4.69) is 20.7 Å². The van der Waals surface area contributed by atoms with Crippen LogP contribution in [0.2, 0.25) is 0 Å².